The monoisotopic (exact) mass is 543 g/mol. The molecule has 1 aliphatic rings. The van der Waals surface area contributed by atoms with E-state index >= 15 is 0 Å². The van der Waals surface area contributed by atoms with E-state index < -0.39 is 18.4 Å². The highest BCUT2D eigenvalue weighted by atomic mass is 16.5. The van der Waals surface area contributed by atoms with E-state index in [0.717, 1.165) is 5.56 Å². The number of imidazole rings is 1. The maximum Gasteiger partial charge on any atom is 0.248 e. The Bertz CT molecular complexity index is 1690. The number of hydrogen-bond donors (Lipinski definition) is 5. The first-order chi connectivity index (χ1) is 19.4. The minimum atomic E-state index is -0.834. The van der Waals surface area contributed by atoms with E-state index in [1.54, 1.807) is 22.8 Å². The van der Waals surface area contributed by atoms with Gasteiger partial charge in [0.05, 0.1) is 30.4 Å². The second-order valence-electron chi connectivity index (χ2n) is 9.22. The lowest BCUT2D eigenvalue weighted by Gasteiger charge is -2.15. The maximum absolute atomic E-state index is 11.9. The number of nitrogen functional groups attached to an aromatic ring is 1. The Morgan fingerprint density at radius 1 is 1.10 bits per heavy atom. The van der Waals surface area contributed by atoms with Crippen molar-refractivity contribution in [3.63, 3.8) is 0 Å². The summed E-state index contributed by atoms with van der Waals surface area (Å²) in [5.41, 5.74) is 9.21. The van der Waals surface area contributed by atoms with Crippen LogP contribution in [0, 0.1) is 0 Å². The predicted octanol–water partition coefficient (Wildman–Crippen LogP) is 2.47. The first kappa shape index (κ1) is 25.4. The van der Waals surface area contributed by atoms with Crippen molar-refractivity contribution in [2.45, 2.75) is 31.8 Å². The molecule has 14 nitrogen and oxygen atoms in total. The summed E-state index contributed by atoms with van der Waals surface area (Å²) in [4.78, 5) is 25.1. The Morgan fingerprint density at radius 3 is 2.60 bits per heavy atom. The van der Waals surface area contributed by atoms with Crippen LogP contribution in [-0.4, -0.2) is 64.7 Å². The zero-order valence-electron chi connectivity index (χ0n) is 21.2. The lowest BCUT2D eigenvalue weighted by Crippen LogP contribution is -2.24. The highest BCUT2D eigenvalue weighted by Crippen LogP contribution is 2.34. The number of fused-ring (bicyclic) bond motifs is 1. The lowest BCUT2D eigenvalue weighted by atomic mass is 10.1. The fourth-order valence-corrected chi connectivity index (χ4v) is 4.49. The standard InChI is InChI=1S/C26H25N9O5/c1-13(37)29-16-8-7-15(25-34-33-24(40-25)14-5-3-2-4-6-14)9-17(16)30-26-31-22(27)21-23(32-26)35(12-28-21)20-10-18(38)19(11-36)39-20/h2-9,12,18-20,36,38H,10-11H2,1H3,(H,29,37)(H3,27,30,31,32)/t18?,19-,20-/m1/s1. The third-order valence-electron chi connectivity index (χ3n) is 6.41. The molecule has 1 aliphatic heterocycles. The molecule has 1 unspecified atom stereocenters. The number of nitrogens with one attached hydrogen (secondary N) is 2. The molecular weight excluding hydrogens is 518 g/mol. The van der Waals surface area contributed by atoms with Crippen molar-refractivity contribution in [3.05, 3.63) is 54.9 Å². The number of nitrogens with zero attached hydrogens (tertiary/aromatic N) is 6. The second-order valence-corrected chi connectivity index (χ2v) is 9.22. The number of rotatable bonds is 7. The first-order valence-electron chi connectivity index (χ1n) is 12.4. The van der Waals surface area contributed by atoms with E-state index in [0.29, 0.717) is 34.0 Å². The van der Waals surface area contributed by atoms with E-state index in [-0.39, 0.29) is 36.6 Å². The predicted molar refractivity (Wildman–Crippen MR) is 144 cm³/mol. The average molecular weight is 544 g/mol. The van der Waals surface area contributed by atoms with Crippen LogP contribution in [0.2, 0.25) is 0 Å². The molecule has 0 bridgehead atoms. The van der Waals surface area contributed by atoms with Crippen LogP contribution < -0.4 is 16.4 Å². The largest absolute Gasteiger partial charge is 0.416 e. The summed E-state index contributed by atoms with van der Waals surface area (Å²) in [6.45, 7) is 1.08. The zero-order valence-corrected chi connectivity index (χ0v) is 21.2. The summed E-state index contributed by atoms with van der Waals surface area (Å²) >= 11 is 0. The van der Waals surface area contributed by atoms with Crippen LogP contribution >= 0.6 is 0 Å². The molecule has 6 rings (SSSR count). The van der Waals surface area contributed by atoms with Crippen LogP contribution in [0.3, 0.4) is 0 Å². The molecule has 4 heterocycles. The summed E-state index contributed by atoms with van der Waals surface area (Å²) < 4.78 is 13.3. The van der Waals surface area contributed by atoms with Crippen LogP contribution in [0.4, 0.5) is 23.1 Å². The fraction of sp³-hybridized carbons (Fsp3) is 0.231. The molecule has 1 saturated heterocycles. The van der Waals surface area contributed by atoms with Crippen molar-refractivity contribution >= 4 is 40.2 Å². The van der Waals surface area contributed by atoms with Gasteiger partial charge in [0.1, 0.15) is 17.8 Å². The third kappa shape index (κ3) is 4.82. The van der Waals surface area contributed by atoms with Crippen molar-refractivity contribution in [2.75, 3.05) is 23.0 Å². The number of hydrogen-bond acceptors (Lipinski definition) is 12. The number of carbonyl (C=O) groups is 1. The normalized spacial score (nSPS) is 18.7. The van der Waals surface area contributed by atoms with Crippen molar-refractivity contribution in [1.82, 2.24) is 29.7 Å². The first-order valence-corrected chi connectivity index (χ1v) is 12.4. The number of aliphatic hydroxyl groups is 2. The smallest absolute Gasteiger partial charge is 0.248 e. The van der Waals surface area contributed by atoms with Gasteiger partial charge in [0.15, 0.2) is 11.5 Å². The summed E-state index contributed by atoms with van der Waals surface area (Å²) in [6, 6.07) is 14.5. The summed E-state index contributed by atoms with van der Waals surface area (Å²) in [6.07, 6.45) is -0.407. The van der Waals surface area contributed by atoms with Gasteiger partial charge in [0.25, 0.3) is 0 Å². The summed E-state index contributed by atoms with van der Waals surface area (Å²) in [7, 11) is 0. The summed E-state index contributed by atoms with van der Waals surface area (Å²) in [5.74, 6) is 0.617. The molecule has 0 saturated carbocycles. The van der Waals surface area contributed by atoms with Gasteiger partial charge < -0.3 is 35.7 Å². The lowest BCUT2D eigenvalue weighted by molar-refractivity contribution is -0.114. The molecule has 6 N–H and O–H groups in total. The van der Waals surface area contributed by atoms with E-state index in [9.17, 15) is 15.0 Å². The minimum absolute atomic E-state index is 0.116. The van der Waals surface area contributed by atoms with Gasteiger partial charge in [-0.15, -0.1) is 10.2 Å². The molecule has 3 aromatic heterocycles. The van der Waals surface area contributed by atoms with Gasteiger partial charge in [-0.1, -0.05) is 18.2 Å². The van der Waals surface area contributed by atoms with Crippen molar-refractivity contribution < 1.29 is 24.2 Å². The maximum atomic E-state index is 11.9. The minimum Gasteiger partial charge on any atom is -0.416 e. The van der Waals surface area contributed by atoms with Crippen molar-refractivity contribution in [2.24, 2.45) is 0 Å². The van der Waals surface area contributed by atoms with Gasteiger partial charge in [0, 0.05) is 24.5 Å². The number of amides is 1. The zero-order chi connectivity index (χ0) is 27.8. The molecule has 2 aromatic carbocycles. The number of aromatic nitrogens is 6. The Morgan fingerprint density at radius 2 is 1.88 bits per heavy atom. The van der Waals surface area contributed by atoms with Crippen LogP contribution in [0.1, 0.15) is 19.6 Å². The number of ether oxygens (including phenoxy) is 1. The molecule has 1 fully saturated rings. The Labute approximate surface area is 226 Å². The molecule has 1 amide bonds. The molecule has 204 valence electrons. The highest BCUT2D eigenvalue weighted by Gasteiger charge is 2.35. The molecule has 14 heteroatoms. The van der Waals surface area contributed by atoms with Crippen molar-refractivity contribution in [3.8, 4) is 22.9 Å². The fourth-order valence-electron chi connectivity index (χ4n) is 4.49. The Hall–Kier alpha value is -4.92. The van der Waals surface area contributed by atoms with Crippen LogP contribution in [-0.2, 0) is 9.53 Å². The topological polar surface area (TPSA) is 199 Å². The van der Waals surface area contributed by atoms with Crippen LogP contribution in [0.25, 0.3) is 34.1 Å². The Kier molecular flexibility index (Phi) is 6.55. The molecule has 0 radical (unpaired) electrons. The summed E-state index contributed by atoms with van der Waals surface area (Å²) in [5, 5.41) is 33.9. The number of aliphatic hydroxyl groups excluding tert-OH is 2. The highest BCUT2D eigenvalue weighted by molar-refractivity contribution is 5.94. The number of benzene rings is 2. The van der Waals surface area contributed by atoms with E-state index in [2.05, 4.69) is 35.8 Å². The van der Waals surface area contributed by atoms with E-state index in [1.807, 2.05) is 30.3 Å². The van der Waals surface area contributed by atoms with Crippen molar-refractivity contribution in [1.29, 1.82) is 0 Å². The quantitative estimate of drug-likeness (QED) is 0.201. The second kappa shape index (κ2) is 10.3. The van der Waals surface area contributed by atoms with E-state index in [4.69, 9.17) is 14.9 Å². The number of anilines is 4. The van der Waals surface area contributed by atoms with Crippen LogP contribution in [0.15, 0.2) is 59.3 Å². The number of carbonyl (C=O) groups excluding carboxylic acids is 1. The Balaban J connectivity index is 1.35. The van der Waals surface area contributed by atoms with Gasteiger partial charge in [-0.2, -0.15) is 9.97 Å². The third-order valence-corrected chi connectivity index (χ3v) is 6.41. The molecule has 0 spiro atoms. The van der Waals surface area contributed by atoms with Gasteiger partial charge in [-0.3, -0.25) is 9.36 Å². The SMILES string of the molecule is CC(=O)Nc1ccc(-c2nnc(-c3ccccc3)o2)cc1Nc1nc(N)c2ncn([C@H]3CC(O)[C@@H](CO)O3)c2n1. The van der Waals surface area contributed by atoms with Gasteiger partial charge in [-0.25, -0.2) is 4.98 Å². The van der Waals surface area contributed by atoms with Gasteiger partial charge >= 0.3 is 0 Å². The van der Waals surface area contributed by atoms with Gasteiger partial charge in [0.2, 0.25) is 23.6 Å². The molecule has 3 atom stereocenters. The average Bonchev–Trinajstić information content (AvgIpc) is 3.68. The molecule has 5 aromatic rings. The van der Waals surface area contributed by atoms with E-state index in [1.165, 1.54) is 13.3 Å². The van der Waals surface area contributed by atoms with Gasteiger partial charge in [-0.05, 0) is 30.3 Å². The molecular formula is C26H25N9O5. The van der Waals surface area contributed by atoms with Crippen LogP contribution in [0.5, 0.6) is 0 Å². The molecule has 0 aliphatic carbocycles. The number of nitrogens with two attached hydrogens (primary N) is 1. The molecule has 40 heavy (non-hydrogen) atoms.